The Balaban J connectivity index is 1.91. The molecule has 0 unspecified atom stereocenters. The molecular weight excluding hydrogens is 359 g/mol. The van der Waals surface area contributed by atoms with Gasteiger partial charge in [-0.3, -0.25) is 9.59 Å². The fourth-order valence-electron chi connectivity index (χ4n) is 2.25. The lowest BCUT2D eigenvalue weighted by Gasteiger charge is -2.17. The number of hydrogen-bond acceptors (Lipinski definition) is 7. The summed E-state index contributed by atoms with van der Waals surface area (Å²) in [5, 5.41) is 12.5. The van der Waals surface area contributed by atoms with E-state index in [-0.39, 0.29) is 23.0 Å². The molecule has 3 aromatic rings. The van der Waals surface area contributed by atoms with Gasteiger partial charge in [0.15, 0.2) is 5.78 Å². The van der Waals surface area contributed by atoms with E-state index in [9.17, 15) is 14.0 Å². The number of benzene rings is 1. The van der Waals surface area contributed by atoms with Crippen LogP contribution in [0.4, 0.5) is 4.39 Å². The van der Waals surface area contributed by atoms with E-state index < -0.39 is 16.8 Å². The normalized spacial score (nSPS) is 11.8. The minimum atomic E-state index is -0.525. The van der Waals surface area contributed by atoms with E-state index in [1.807, 2.05) is 20.8 Å². The van der Waals surface area contributed by atoms with Gasteiger partial charge in [-0.1, -0.05) is 32.5 Å². The second-order valence-electron chi connectivity index (χ2n) is 6.69. The van der Waals surface area contributed by atoms with Gasteiger partial charge in [-0.2, -0.15) is 14.3 Å². The number of thioether (sulfide) groups is 1. The highest BCUT2D eigenvalue weighted by Gasteiger charge is 2.24. The van der Waals surface area contributed by atoms with Crippen molar-refractivity contribution in [3.8, 4) is 0 Å². The number of nitrogen functional groups attached to an aromatic ring is 1. The maximum Gasteiger partial charge on any atom is 0.295 e. The lowest BCUT2D eigenvalue weighted by molar-refractivity contribution is 0.102. The molecule has 0 atom stereocenters. The topological polar surface area (TPSA) is 108 Å². The Bertz CT molecular complexity index is 1040. The number of nitrogens with two attached hydrogens (primary N) is 1. The number of carbonyl (C=O) groups is 1. The highest BCUT2D eigenvalue weighted by atomic mass is 32.2. The Kier molecular flexibility index (Phi) is 4.53. The molecule has 8 nitrogen and oxygen atoms in total. The van der Waals surface area contributed by atoms with E-state index in [2.05, 4.69) is 15.3 Å². The highest BCUT2D eigenvalue weighted by Crippen LogP contribution is 2.20. The van der Waals surface area contributed by atoms with Gasteiger partial charge in [0.05, 0.1) is 5.75 Å². The number of rotatable bonds is 4. The van der Waals surface area contributed by atoms with E-state index in [0.29, 0.717) is 10.7 Å². The minimum absolute atomic E-state index is 0.0582. The number of ketones is 1. The molecular formula is C16H17FN6O2S. The van der Waals surface area contributed by atoms with E-state index in [1.54, 1.807) is 0 Å². The number of carbonyl (C=O) groups excluding carboxylic acids is 1. The molecule has 0 bridgehead atoms. The standard InChI is InChI=1S/C16H17FN6O2S/c1-16(2,3)12-13(25)22(18)14-19-20-15(23(14)21-12)26-8-11(24)9-4-6-10(17)7-5-9/h4-7H,8,18H2,1-3H3. The maximum atomic E-state index is 13.0. The first-order valence-corrected chi connectivity index (χ1v) is 8.72. The largest absolute Gasteiger partial charge is 0.333 e. The van der Waals surface area contributed by atoms with Crippen molar-refractivity contribution < 1.29 is 9.18 Å². The molecule has 136 valence electrons. The van der Waals surface area contributed by atoms with E-state index in [1.165, 1.54) is 28.8 Å². The van der Waals surface area contributed by atoms with Gasteiger partial charge in [-0.05, 0) is 24.3 Å². The minimum Gasteiger partial charge on any atom is -0.333 e. The van der Waals surface area contributed by atoms with Crippen molar-refractivity contribution in [2.75, 3.05) is 11.6 Å². The van der Waals surface area contributed by atoms with Crippen molar-refractivity contribution in [3.05, 3.63) is 51.7 Å². The molecule has 0 spiro atoms. The Morgan fingerprint density at radius 3 is 2.50 bits per heavy atom. The van der Waals surface area contributed by atoms with Gasteiger partial charge in [-0.25, -0.2) is 4.39 Å². The zero-order valence-electron chi connectivity index (χ0n) is 14.4. The summed E-state index contributed by atoms with van der Waals surface area (Å²) in [5.41, 5.74) is -0.315. The van der Waals surface area contributed by atoms with E-state index >= 15 is 0 Å². The van der Waals surface area contributed by atoms with Gasteiger partial charge >= 0.3 is 0 Å². The van der Waals surface area contributed by atoms with Crippen molar-refractivity contribution in [2.24, 2.45) is 0 Å². The second-order valence-corrected chi connectivity index (χ2v) is 7.63. The summed E-state index contributed by atoms with van der Waals surface area (Å²) in [5.74, 6) is 5.36. The number of hydrogen-bond donors (Lipinski definition) is 1. The highest BCUT2D eigenvalue weighted by molar-refractivity contribution is 7.99. The zero-order chi connectivity index (χ0) is 19.1. The van der Waals surface area contributed by atoms with Crippen LogP contribution in [0.3, 0.4) is 0 Å². The number of halogens is 1. The summed E-state index contributed by atoms with van der Waals surface area (Å²) in [6.07, 6.45) is 0. The summed E-state index contributed by atoms with van der Waals surface area (Å²) in [6.45, 7) is 5.54. The molecule has 0 saturated heterocycles. The molecule has 0 aliphatic carbocycles. The van der Waals surface area contributed by atoms with Crippen LogP contribution in [0.2, 0.25) is 0 Å². The lowest BCUT2D eigenvalue weighted by atomic mass is 9.93. The van der Waals surface area contributed by atoms with Crippen LogP contribution in [-0.4, -0.2) is 36.0 Å². The molecule has 0 aliphatic heterocycles. The van der Waals surface area contributed by atoms with Crippen molar-refractivity contribution >= 4 is 23.3 Å². The number of aromatic nitrogens is 5. The maximum absolute atomic E-state index is 13.0. The average Bonchev–Trinajstić information content (AvgIpc) is 2.98. The van der Waals surface area contributed by atoms with Gasteiger partial charge in [0, 0.05) is 11.0 Å². The molecule has 2 heterocycles. The molecule has 26 heavy (non-hydrogen) atoms. The molecule has 2 N–H and O–H groups in total. The molecule has 2 aromatic heterocycles. The molecule has 10 heteroatoms. The predicted octanol–water partition coefficient (Wildman–Crippen LogP) is 1.41. The third-order valence-corrected chi connectivity index (χ3v) is 4.56. The predicted molar refractivity (Wildman–Crippen MR) is 95.3 cm³/mol. The fraction of sp³-hybridized carbons (Fsp3) is 0.312. The van der Waals surface area contributed by atoms with Gasteiger partial charge in [-0.15, -0.1) is 10.2 Å². The molecule has 3 rings (SSSR count). The average molecular weight is 376 g/mol. The molecule has 0 radical (unpaired) electrons. The molecule has 0 aliphatic rings. The fourth-order valence-corrected chi connectivity index (χ4v) is 3.02. The van der Waals surface area contributed by atoms with Crippen LogP contribution < -0.4 is 11.4 Å². The summed E-state index contributed by atoms with van der Waals surface area (Å²) in [7, 11) is 0. The van der Waals surface area contributed by atoms with Crippen molar-refractivity contribution in [1.29, 1.82) is 0 Å². The van der Waals surface area contributed by atoms with Crippen molar-refractivity contribution in [3.63, 3.8) is 0 Å². The monoisotopic (exact) mass is 376 g/mol. The SMILES string of the molecule is CC(C)(C)c1nn2c(SCC(=O)c3ccc(F)cc3)nnc2n(N)c1=O. The van der Waals surface area contributed by atoms with Crippen LogP contribution in [0.5, 0.6) is 0 Å². The smallest absolute Gasteiger partial charge is 0.295 e. The first-order chi connectivity index (χ1) is 12.2. The van der Waals surface area contributed by atoms with Crippen molar-refractivity contribution in [2.45, 2.75) is 31.3 Å². The molecule has 1 aromatic carbocycles. The zero-order valence-corrected chi connectivity index (χ0v) is 15.2. The van der Waals surface area contributed by atoms with E-state index in [0.717, 1.165) is 16.4 Å². The number of fused-ring (bicyclic) bond motifs is 1. The van der Waals surface area contributed by atoms with Crippen LogP contribution in [0.1, 0.15) is 36.8 Å². The van der Waals surface area contributed by atoms with Crippen LogP contribution >= 0.6 is 11.8 Å². The summed E-state index contributed by atoms with van der Waals surface area (Å²) in [6, 6.07) is 5.31. The van der Waals surface area contributed by atoms with Crippen LogP contribution in [-0.2, 0) is 5.41 Å². The number of nitrogens with zero attached hydrogens (tertiary/aromatic N) is 5. The Hall–Kier alpha value is -2.75. The molecule has 0 fully saturated rings. The van der Waals surface area contributed by atoms with Crippen molar-refractivity contribution in [1.82, 2.24) is 24.5 Å². The third-order valence-electron chi connectivity index (χ3n) is 3.64. The molecule has 0 saturated carbocycles. The quantitative estimate of drug-likeness (QED) is 0.417. The van der Waals surface area contributed by atoms with E-state index in [4.69, 9.17) is 5.84 Å². The van der Waals surface area contributed by atoms with Gasteiger partial charge in [0.25, 0.3) is 11.3 Å². The Labute approximate surface area is 152 Å². The van der Waals surface area contributed by atoms with Gasteiger partial charge in [0.1, 0.15) is 11.5 Å². The molecule has 0 amide bonds. The van der Waals surface area contributed by atoms with Crippen LogP contribution in [0.25, 0.3) is 5.78 Å². The lowest BCUT2D eigenvalue weighted by Crippen LogP contribution is -2.38. The first kappa shape index (κ1) is 18.1. The Morgan fingerprint density at radius 1 is 1.23 bits per heavy atom. The summed E-state index contributed by atoms with van der Waals surface area (Å²) >= 11 is 1.11. The summed E-state index contributed by atoms with van der Waals surface area (Å²) < 4.78 is 15.2. The van der Waals surface area contributed by atoms with Crippen LogP contribution in [0, 0.1) is 5.82 Å². The van der Waals surface area contributed by atoms with Gasteiger partial charge in [0.2, 0.25) is 5.16 Å². The Morgan fingerprint density at radius 2 is 1.88 bits per heavy atom. The van der Waals surface area contributed by atoms with Crippen LogP contribution in [0.15, 0.2) is 34.2 Å². The second kappa shape index (κ2) is 6.52. The summed E-state index contributed by atoms with van der Waals surface area (Å²) in [4.78, 5) is 24.6. The van der Waals surface area contributed by atoms with Gasteiger partial charge < -0.3 is 5.84 Å². The number of Topliss-reactive ketones (excluding diaryl/α,β-unsaturated/α-hetero) is 1. The first-order valence-electron chi connectivity index (χ1n) is 7.74. The third kappa shape index (κ3) is 3.32.